The van der Waals surface area contributed by atoms with E-state index in [2.05, 4.69) is 10.3 Å². The van der Waals surface area contributed by atoms with Crippen molar-refractivity contribution in [3.05, 3.63) is 52.2 Å². The van der Waals surface area contributed by atoms with Crippen LogP contribution in [0, 0.1) is 10.1 Å². The standard InChI is InChI=1S/C20H21N5O5/c26-19-6-1-14-11-16(3-4-17(14)22-19)30-13-20(27)24-9-7-23(8-10-24)18-5-2-15(12-21-18)25(28)29/h2-5,11-12H,1,6-10,13H2,(H,22,26). The summed E-state index contributed by atoms with van der Waals surface area (Å²) in [5.74, 6) is 1.17. The first-order chi connectivity index (χ1) is 14.5. The van der Waals surface area contributed by atoms with E-state index in [9.17, 15) is 19.7 Å². The number of amides is 2. The molecule has 10 nitrogen and oxygen atoms in total. The molecule has 0 saturated carbocycles. The van der Waals surface area contributed by atoms with Crippen molar-refractivity contribution < 1.29 is 19.2 Å². The summed E-state index contributed by atoms with van der Waals surface area (Å²) >= 11 is 0. The molecule has 3 heterocycles. The summed E-state index contributed by atoms with van der Waals surface area (Å²) in [7, 11) is 0. The Hall–Kier alpha value is -3.69. The monoisotopic (exact) mass is 411 g/mol. The van der Waals surface area contributed by atoms with E-state index in [0.717, 1.165) is 11.3 Å². The zero-order chi connectivity index (χ0) is 21.1. The maximum atomic E-state index is 12.5. The maximum absolute atomic E-state index is 12.5. The number of nitro groups is 1. The average molecular weight is 411 g/mol. The number of carbonyl (C=O) groups is 2. The summed E-state index contributed by atoms with van der Waals surface area (Å²) < 4.78 is 5.67. The number of hydrogen-bond donors (Lipinski definition) is 1. The van der Waals surface area contributed by atoms with Crippen molar-refractivity contribution in [2.75, 3.05) is 43.0 Å². The fourth-order valence-corrected chi connectivity index (χ4v) is 3.54. The smallest absolute Gasteiger partial charge is 0.287 e. The van der Waals surface area contributed by atoms with E-state index in [1.54, 1.807) is 23.1 Å². The number of benzene rings is 1. The number of aryl methyl sites for hydroxylation is 1. The number of hydrogen-bond acceptors (Lipinski definition) is 7. The molecule has 1 saturated heterocycles. The van der Waals surface area contributed by atoms with Crippen LogP contribution in [0.15, 0.2) is 36.5 Å². The van der Waals surface area contributed by atoms with Crippen LogP contribution in [0.2, 0.25) is 0 Å². The van der Waals surface area contributed by atoms with Gasteiger partial charge in [-0.05, 0) is 36.2 Å². The normalized spacial score (nSPS) is 15.9. The van der Waals surface area contributed by atoms with Gasteiger partial charge in [-0.15, -0.1) is 0 Å². The third kappa shape index (κ3) is 4.32. The van der Waals surface area contributed by atoms with Crippen molar-refractivity contribution >= 4 is 29.0 Å². The molecule has 0 aliphatic carbocycles. The van der Waals surface area contributed by atoms with Gasteiger partial charge in [0.2, 0.25) is 5.91 Å². The van der Waals surface area contributed by atoms with Crippen molar-refractivity contribution in [1.82, 2.24) is 9.88 Å². The third-order valence-corrected chi connectivity index (χ3v) is 5.23. The number of fused-ring (bicyclic) bond motifs is 1. The highest BCUT2D eigenvalue weighted by Crippen LogP contribution is 2.27. The molecule has 4 rings (SSSR count). The highest BCUT2D eigenvalue weighted by atomic mass is 16.6. The second-order valence-electron chi connectivity index (χ2n) is 7.16. The van der Waals surface area contributed by atoms with Gasteiger partial charge in [-0.25, -0.2) is 4.98 Å². The number of aromatic nitrogens is 1. The summed E-state index contributed by atoms with van der Waals surface area (Å²) in [5.41, 5.74) is 1.75. The lowest BCUT2D eigenvalue weighted by molar-refractivity contribution is -0.385. The van der Waals surface area contributed by atoms with Crippen LogP contribution >= 0.6 is 0 Å². The van der Waals surface area contributed by atoms with Gasteiger partial charge < -0.3 is 19.9 Å². The third-order valence-electron chi connectivity index (χ3n) is 5.23. The number of ether oxygens (including phenoxy) is 1. The summed E-state index contributed by atoms with van der Waals surface area (Å²) in [6.07, 6.45) is 2.35. The zero-order valence-corrected chi connectivity index (χ0v) is 16.2. The quantitative estimate of drug-likeness (QED) is 0.586. The molecule has 2 aromatic rings. The van der Waals surface area contributed by atoms with Crippen molar-refractivity contribution in [3.8, 4) is 5.75 Å². The Morgan fingerprint density at radius 1 is 1.17 bits per heavy atom. The molecule has 1 aromatic heterocycles. The molecule has 0 unspecified atom stereocenters. The molecule has 2 amide bonds. The SMILES string of the molecule is O=C1CCc2cc(OCC(=O)N3CCN(c4ccc([N+](=O)[O-])cn4)CC3)ccc2N1. The minimum absolute atomic E-state index is 0.00872. The maximum Gasteiger partial charge on any atom is 0.287 e. The van der Waals surface area contributed by atoms with Crippen molar-refractivity contribution in [1.29, 1.82) is 0 Å². The van der Waals surface area contributed by atoms with Gasteiger partial charge in [-0.2, -0.15) is 0 Å². The molecule has 10 heteroatoms. The highest BCUT2D eigenvalue weighted by molar-refractivity contribution is 5.94. The lowest BCUT2D eigenvalue weighted by Gasteiger charge is -2.35. The number of pyridine rings is 1. The van der Waals surface area contributed by atoms with Gasteiger partial charge in [0.25, 0.3) is 11.6 Å². The van der Waals surface area contributed by atoms with Gasteiger partial charge in [0.05, 0.1) is 4.92 Å². The van der Waals surface area contributed by atoms with Crippen LogP contribution < -0.4 is 15.0 Å². The van der Waals surface area contributed by atoms with Gasteiger partial charge >= 0.3 is 0 Å². The molecule has 2 aliphatic heterocycles. The zero-order valence-electron chi connectivity index (χ0n) is 16.2. The van der Waals surface area contributed by atoms with Crippen LogP contribution in [0.1, 0.15) is 12.0 Å². The number of anilines is 2. The molecule has 156 valence electrons. The molecule has 0 bridgehead atoms. The fraction of sp³-hybridized carbons (Fsp3) is 0.350. The van der Waals surface area contributed by atoms with E-state index in [4.69, 9.17) is 4.74 Å². The van der Waals surface area contributed by atoms with E-state index < -0.39 is 4.92 Å². The first kappa shape index (κ1) is 19.6. The molecule has 30 heavy (non-hydrogen) atoms. The van der Waals surface area contributed by atoms with Crippen LogP contribution in [-0.4, -0.2) is 59.4 Å². The first-order valence-corrected chi connectivity index (χ1v) is 9.68. The van der Waals surface area contributed by atoms with Crippen LogP contribution in [0.5, 0.6) is 5.75 Å². The van der Waals surface area contributed by atoms with E-state index >= 15 is 0 Å². The molecular weight excluding hydrogens is 390 g/mol. The highest BCUT2D eigenvalue weighted by Gasteiger charge is 2.23. The van der Waals surface area contributed by atoms with E-state index in [1.807, 2.05) is 11.0 Å². The Bertz CT molecular complexity index is 970. The topological polar surface area (TPSA) is 118 Å². The van der Waals surface area contributed by atoms with Gasteiger partial charge in [-0.1, -0.05) is 0 Å². The molecular formula is C20H21N5O5. The molecule has 0 radical (unpaired) electrons. The summed E-state index contributed by atoms with van der Waals surface area (Å²) in [6.45, 7) is 2.18. The van der Waals surface area contributed by atoms with Crippen molar-refractivity contribution in [2.45, 2.75) is 12.8 Å². The summed E-state index contributed by atoms with van der Waals surface area (Å²) in [4.78, 5) is 42.1. The van der Waals surface area contributed by atoms with Crippen LogP contribution in [0.4, 0.5) is 17.2 Å². The first-order valence-electron chi connectivity index (χ1n) is 9.68. The molecule has 2 aliphatic rings. The van der Waals surface area contributed by atoms with E-state index in [0.29, 0.717) is 50.6 Å². The fourth-order valence-electron chi connectivity index (χ4n) is 3.54. The van der Waals surface area contributed by atoms with Crippen LogP contribution in [-0.2, 0) is 16.0 Å². The molecule has 1 N–H and O–H groups in total. The molecule has 0 spiro atoms. The lowest BCUT2D eigenvalue weighted by atomic mass is 10.0. The van der Waals surface area contributed by atoms with E-state index in [-0.39, 0.29) is 24.1 Å². The summed E-state index contributed by atoms with van der Waals surface area (Å²) in [6, 6.07) is 8.45. The molecule has 1 aromatic carbocycles. The Morgan fingerprint density at radius 2 is 1.97 bits per heavy atom. The Kier molecular flexibility index (Phi) is 5.46. The van der Waals surface area contributed by atoms with Crippen molar-refractivity contribution in [2.24, 2.45) is 0 Å². The Balaban J connectivity index is 1.27. The number of piperazine rings is 1. The van der Waals surface area contributed by atoms with E-state index in [1.165, 1.54) is 12.3 Å². The average Bonchev–Trinajstić information content (AvgIpc) is 2.77. The predicted octanol–water partition coefficient (Wildman–Crippen LogP) is 1.60. The minimum Gasteiger partial charge on any atom is -0.484 e. The number of nitrogens with one attached hydrogen (secondary N) is 1. The summed E-state index contributed by atoms with van der Waals surface area (Å²) in [5, 5.41) is 13.6. The second kappa shape index (κ2) is 8.36. The number of carbonyl (C=O) groups excluding carboxylic acids is 2. The van der Waals surface area contributed by atoms with Gasteiger partial charge in [0.1, 0.15) is 17.8 Å². The van der Waals surface area contributed by atoms with Crippen LogP contribution in [0.25, 0.3) is 0 Å². The van der Waals surface area contributed by atoms with Crippen LogP contribution in [0.3, 0.4) is 0 Å². The largest absolute Gasteiger partial charge is 0.484 e. The Labute approximate surface area is 172 Å². The predicted molar refractivity (Wildman–Crippen MR) is 109 cm³/mol. The second-order valence-corrected chi connectivity index (χ2v) is 7.16. The van der Waals surface area contributed by atoms with Gasteiger partial charge in [-0.3, -0.25) is 19.7 Å². The number of nitrogens with zero attached hydrogens (tertiary/aromatic N) is 4. The Morgan fingerprint density at radius 3 is 2.67 bits per heavy atom. The van der Waals surface area contributed by atoms with Gasteiger partial charge in [0.15, 0.2) is 6.61 Å². The van der Waals surface area contributed by atoms with Crippen molar-refractivity contribution in [3.63, 3.8) is 0 Å². The molecule has 0 atom stereocenters. The number of rotatable bonds is 5. The lowest BCUT2D eigenvalue weighted by Crippen LogP contribution is -2.50. The molecule has 1 fully saturated rings. The van der Waals surface area contributed by atoms with Gasteiger partial charge in [0, 0.05) is 44.4 Å². The minimum atomic E-state index is -0.480.